The molecule has 0 N–H and O–H groups in total. The number of benzene rings is 2. The highest BCUT2D eigenvalue weighted by Gasteiger charge is 2.65. The fourth-order valence-corrected chi connectivity index (χ4v) is 6.07. The number of rotatable bonds is 7. The van der Waals surface area contributed by atoms with Crippen molar-refractivity contribution < 1.29 is 18.9 Å². The molecular weight excluding hydrogens is 476 g/mol. The van der Waals surface area contributed by atoms with Crippen molar-refractivity contribution in [1.29, 1.82) is 0 Å². The number of hydrogen-bond acceptors (Lipinski definition) is 4. The second kappa shape index (κ2) is 10.4. The van der Waals surface area contributed by atoms with E-state index in [4.69, 9.17) is 18.9 Å². The molecule has 37 heavy (non-hydrogen) atoms. The molecule has 1 saturated carbocycles. The summed E-state index contributed by atoms with van der Waals surface area (Å²) in [5.41, 5.74) is 6.60. The molecule has 4 nitrogen and oxygen atoms in total. The Morgan fingerprint density at radius 1 is 0.838 bits per heavy atom. The molecular formula is C32H38O4Si. The molecule has 0 unspecified atom stereocenters. The molecule has 5 heteroatoms. The summed E-state index contributed by atoms with van der Waals surface area (Å²) < 4.78 is 25.8. The summed E-state index contributed by atoms with van der Waals surface area (Å²) in [6.45, 7) is 12.4. The van der Waals surface area contributed by atoms with E-state index in [0.717, 1.165) is 11.1 Å². The SMILES string of the molecule is CC1(C)O[C@@H]2[C@H](O1)[C@H]1C=C(COCc3ccccc3)C=C[C@@]1(C#C[Si](C)(C)C)[C@@H]2OCc1ccccc1. The first-order chi connectivity index (χ1) is 17.7. The Morgan fingerprint density at radius 2 is 1.46 bits per heavy atom. The van der Waals surface area contributed by atoms with Gasteiger partial charge >= 0.3 is 0 Å². The van der Waals surface area contributed by atoms with E-state index in [2.05, 4.69) is 73.6 Å². The fraction of sp³-hybridized carbons (Fsp3) is 0.438. The minimum Gasteiger partial charge on any atom is -0.372 e. The van der Waals surface area contributed by atoms with Crippen molar-refractivity contribution in [2.75, 3.05) is 6.61 Å². The Labute approximate surface area is 222 Å². The molecule has 0 spiro atoms. The van der Waals surface area contributed by atoms with Gasteiger partial charge < -0.3 is 18.9 Å². The zero-order valence-corrected chi connectivity index (χ0v) is 23.6. The van der Waals surface area contributed by atoms with Crippen LogP contribution in [0.25, 0.3) is 0 Å². The molecule has 5 rings (SSSR count). The van der Waals surface area contributed by atoms with E-state index in [-0.39, 0.29) is 24.2 Å². The smallest absolute Gasteiger partial charge is 0.163 e. The van der Waals surface area contributed by atoms with Crippen LogP contribution in [-0.4, -0.2) is 38.8 Å². The van der Waals surface area contributed by atoms with Gasteiger partial charge in [0.15, 0.2) is 5.79 Å². The number of hydrogen-bond donors (Lipinski definition) is 0. The lowest BCUT2D eigenvalue weighted by molar-refractivity contribution is -0.181. The third-order valence-corrected chi connectivity index (χ3v) is 7.99. The van der Waals surface area contributed by atoms with Gasteiger partial charge in [0.2, 0.25) is 0 Å². The van der Waals surface area contributed by atoms with Crippen molar-refractivity contribution in [1.82, 2.24) is 0 Å². The van der Waals surface area contributed by atoms with E-state index in [0.29, 0.717) is 19.8 Å². The summed E-state index contributed by atoms with van der Waals surface area (Å²) in [7, 11) is -1.64. The quantitative estimate of drug-likeness (QED) is 0.321. The third-order valence-electron chi connectivity index (χ3n) is 7.11. The largest absolute Gasteiger partial charge is 0.372 e. The summed E-state index contributed by atoms with van der Waals surface area (Å²) in [5, 5.41) is 0. The van der Waals surface area contributed by atoms with Crippen LogP contribution in [0.1, 0.15) is 25.0 Å². The van der Waals surface area contributed by atoms with Crippen LogP contribution in [0.2, 0.25) is 19.6 Å². The van der Waals surface area contributed by atoms with Crippen molar-refractivity contribution in [3.63, 3.8) is 0 Å². The topological polar surface area (TPSA) is 36.9 Å². The van der Waals surface area contributed by atoms with Gasteiger partial charge in [-0.2, -0.15) is 0 Å². The Bertz CT molecular complexity index is 1200. The summed E-state index contributed by atoms with van der Waals surface area (Å²) >= 11 is 0. The van der Waals surface area contributed by atoms with Crippen LogP contribution in [-0.2, 0) is 32.2 Å². The van der Waals surface area contributed by atoms with Gasteiger partial charge in [-0.15, -0.1) is 5.54 Å². The molecule has 2 aromatic carbocycles. The third kappa shape index (κ3) is 5.85. The van der Waals surface area contributed by atoms with E-state index in [1.54, 1.807) is 0 Å². The lowest BCUT2D eigenvalue weighted by Gasteiger charge is -2.37. The van der Waals surface area contributed by atoms with E-state index < -0.39 is 19.3 Å². The number of ether oxygens (including phenoxy) is 4. The molecule has 5 atom stereocenters. The van der Waals surface area contributed by atoms with E-state index in [9.17, 15) is 0 Å². The Balaban J connectivity index is 1.44. The van der Waals surface area contributed by atoms with Crippen LogP contribution in [0.15, 0.2) is 84.5 Å². The van der Waals surface area contributed by atoms with Gasteiger partial charge in [0.1, 0.15) is 20.3 Å². The molecule has 2 fully saturated rings. The minimum atomic E-state index is -1.64. The summed E-state index contributed by atoms with van der Waals surface area (Å²) in [4.78, 5) is 0. The maximum Gasteiger partial charge on any atom is 0.163 e. The predicted octanol–water partition coefficient (Wildman–Crippen LogP) is 6.30. The highest BCUT2D eigenvalue weighted by molar-refractivity contribution is 6.83. The first-order valence-electron chi connectivity index (χ1n) is 13.2. The molecule has 0 bridgehead atoms. The molecule has 0 amide bonds. The average molecular weight is 515 g/mol. The number of fused-ring (bicyclic) bond motifs is 3. The molecule has 3 aliphatic rings. The second-order valence-electron chi connectivity index (χ2n) is 11.8. The highest BCUT2D eigenvalue weighted by Crippen LogP contribution is 2.56. The van der Waals surface area contributed by atoms with Crippen LogP contribution in [0.5, 0.6) is 0 Å². The van der Waals surface area contributed by atoms with Gasteiger partial charge in [-0.3, -0.25) is 0 Å². The lowest BCUT2D eigenvalue weighted by Crippen LogP contribution is -2.42. The molecule has 194 valence electrons. The summed E-state index contributed by atoms with van der Waals surface area (Å²) in [6.07, 6.45) is 6.14. The van der Waals surface area contributed by atoms with Gasteiger partial charge in [0.25, 0.3) is 0 Å². The van der Waals surface area contributed by atoms with Crippen LogP contribution < -0.4 is 0 Å². The molecule has 2 aromatic rings. The highest BCUT2D eigenvalue weighted by atomic mass is 28.3. The zero-order chi connectivity index (χ0) is 26.1. The van der Waals surface area contributed by atoms with Crippen LogP contribution in [0.4, 0.5) is 0 Å². The Morgan fingerprint density at radius 3 is 2.11 bits per heavy atom. The van der Waals surface area contributed by atoms with Gasteiger partial charge in [-0.05, 0) is 30.5 Å². The molecule has 0 radical (unpaired) electrons. The van der Waals surface area contributed by atoms with E-state index >= 15 is 0 Å². The molecule has 1 aliphatic heterocycles. The first-order valence-corrected chi connectivity index (χ1v) is 16.7. The fourth-order valence-electron chi connectivity index (χ4n) is 5.47. The van der Waals surface area contributed by atoms with Gasteiger partial charge in [0, 0.05) is 5.92 Å². The zero-order valence-electron chi connectivity index (χ0n) is 22.6. The predicted molar refractivity (Wildman–Crippen MR) is 149 cm³/mol. The molecule has 1 saturated heterocycles. The maximum atomic E-state index is 6.70. The Kier molecular flexibility index (Phi) is 7.32. The average Bonchev–Trinajstić information content (AvgIpc) is 3.30. The van der Waals surface area contributed by atoms with Crippen LogP contribution in [0.3, 0.4) is 0 Å². The molecule has 2 aliphatic carbocycles. The maximum absolute atomic E-state index is 6.70. The molecule has 1 heterocycles. The van der Waals surface area contributed by atoms with Crippen LogP contribution >= 0.6 is 0 Å². The van der Waals surface area contributed by atoms with Gasteiger partial charge in [-0.25, -0.2) is 0 Å². The van der Waals surface area contributed by atoms with Crippen molar-refractivity contribution in [3.05, 3.63) is 95.6 Å². The first kappa shape index (κ1) is 26.2. The normalized spacial score (nSPS) is 29.7. The second-order valence-corrected chi connectivity index (χ2v) is 16.5. The lowest BCUT2D eigenvalue weighted by atomic mass is 9.72. The van der Waals surface area contributed by atoms with Crippen molar-refractivity contribution in [3.8, 4) is 11.5 Å². The van der Waals surface area contributed by atoms with E-state index in [1.807, 2.05) is 50.2 Å². The summed E-state index contributed by atoms with van der Waals surface area (Å²) in [6, 6.07) is 20.6. The van der Waals surface area contributed by atoms with Crippen molar-refractivity contribution in [2.45, 2.75) is 70.8 Å². The summed E-state index contributed by atoms with van der Waals surface area (Å²) in [5.74, 6) is 3.09. The monoisotopic (exact) mass is 514 g/mol. The van der Waals surface area contributed by atoms with Gasteiger partial charge in [0.05, 0.1) is 31.3 Å². The van der Waals surface area contributed by atoms with Crippen LogP contribution in [0, 0.1) is 22.8 Å². The van der Waals surface area contributed by atoms with Gasteiger partial charge in [-0.1, -0.05) is 104 Å². The van der Waals surface area contributed by atoms with Crippen molar-refractivity contribution >= 4 is 8.07 Å². The van der Waals surface area contributed by atoms with E-state index in [1.165, 1.54) is 5.56 Å². The Hall–Kier alpha value is -2.46. The van der Waals surface area contributed by atoms with Crippen molar-refractivity contribution in [2.24, 2.45) is 11.3 Å². The standard InChI is InChI=1S/C32H38O4Si/c1-31(2)35-28-27-20-26(22-33-21-24-12-8-6-9-13-24)16-17-32(27,18-19-37(3,4)5)30(29(28)36-31)34-23-25-14-10-7-11-15-25/h6-17,20,27-30H,21-23H2,1-5H3/t27-,28-,29-,30-,32+/m1/s1. The minimum absolute atomic E-state index is 0.0178. The molecule has 0 aromatic heterocycles.